The van der Waals surface area contributed by atoms with E-state index < -0.39 is 9.85 Å². The van der Waals surface area contributed by atoms with E-state index in [0.717, 1.165) is 18.9 Å². The molecule has 0 aliphatic carbocycles. The lowest BCUT2D eigenvalue weighted by molar-refractivity contribution is -0.393. The van der Waals surface area contributed by atoms with Crippen molar-refractivity contribution in [2.75, 3.05) is 25.1 Å². The summed E-state index contributed by atoms with van der Waals surface area (Å²) >= 11 is 0. The Morgan fingerprint density at radius 2 is 1.78 bits per heavy atom. The van der Waals surface area contributed by atoms with Gasteiger partial charge in [0.15, 0.2) is 0 Å². The molecular weight excluding hydrogens is 350 g/mol. The molecule has 2 aromatic rings. The van der Waals surface area contributed by atoms with Gasteiger partial charge in [-0.15, -0.1) is 0 Å². The van der Waals surface area contributed by atoms with E-state index in [-0.39, 0.29) is 22.5 Å². The molecule has 1 fully saturated rings. The van der Waals surface area contributed by atoms with Crippen molar-refractivity contribution < 1.29 is 14.6 Å². The highest BCUT2D eigenvalue weighted by atomic mass is 16.6. The first kappa shape index (κ1) is 18.8. The largest absolute Gasteiger partial charge is 0.381 e. The number of nitrogens with one attached hydrogen (secondary N) is 1. The number of non-ortho nitro benzene ring substituents is 1. The maximum Gasteiger partial charge on any atom is 0.299 e. The van der Waals surface area contributed by atoms with Crippen LogP contribution in [0.25, 0.3) is 0 Å². The van der Waals surface area contributed by atoms with Crippen molar-refractivity contribution in [1.29, 1.82) is 0 Å². The molecule has 3 rings (SSSR count). The maximum absolute atomic E-state index is 11.4. The standard InChI is InChI=1S/C19H21N3O5/c1-14-4-2-3-5-16(14)19(8-10-27-11-9-19)13-20-17-7-6-15(21(23)24)12-18(17)22(25)26/h2-7,12,20H,8-11,13H2,1H3. The van der Waals surface area contributed by atoms with Crippen LogP contribution in [0.3, 0.4) is 0 Å². The van der Waals surface area contributed by atoms with Gasteiger partial charge in [0, 0.05) is 31.2 Å². The van der Waals surface area contributed by atoms with Crippen molar-refractivity contribution in [3.63, 3.8) is 0 Å². The monoisotopic (exact) mass is 371 g/mol. The number of nitro benzene ring substituents is 2. The van der Waals surface area contributed by atoms with Crippen molar-refractivity contribution in [3.8, 4) is 0 Å². The first-order chi connectivity index (χ1) is 12.9. The van der Waals surface area contributed by atoms with Gasteiger partial charge in [-0.25, -0.2) is 0 Å². The summed E-state index contributed by atoms with van der Waals surface area (Å²) in [6.45, 7) is 3.79. The third-order valence-corrected chi connectivity index (χ3v) is 5.17. The highest BCUT2D eigenvalue weighted by Crippen LogP contribution is 2.38. The summed E-state index contributed by atoms with van der Waals surface area (Å²) < 4.78 is 5.53. The van der Waals surface area contributed by atoms with Crippen LogP contribution < -0.4 is 5.32 Å². The topological polar surface area (TPSA) is 108 Å². The summed E-state index contributed by atoms with van der Waals surface area (Å²) in [6, 6.07) is 11.8. The van der Waals surface area contributed by atoms with Crippen LogP contribution in [0.2, 0.25) is 0 Å². The Bertz CT molecular complexity index is 862. The molecule has 1 aliphatic heterocycles. The third-order valence-electron chi connectivity index (χ3n) is 5.17. The lowest BCUT2D eigenvalue weighted by Gasteiger charge is -2.39. The summed E-state index contributed by atoms with van der Waals surface area (Å²) in [4.78, 5) is 21.1. The van der Waals surface area contributed by atoms with Gasteiger partial charge in [0.1, 0.15) is 5.69 Å². The van der Waals surface area contributed by atoms with Crippen LogP contribution in [0.5, 0.6) is 0 Å². The minimum Gasteiger partial charge on any atom is -0.381 e. The Hall–Kier alpha value is -3.00. The smallest absolute Gasteiger partial charge is 0.299 e. The van der Waals surface area contributed by atoms with Crippen LogP contribution in [0, 0.1) is 27.2 Å². The van der Waals surface area contributed by atoms with Crippen molar-refractivity contribution in [3.05, 3.63) is 73.8 Å². The number of hydrogen-bond acceptors (Lipinski definition) is 6. The molecule has 0 aromatic heterocycles. The lowest BCUT2D eigenvalue weighted by Crippen LogP contribution is -2.40. The molecule has 0 atom stereocenters. The van der Waals surface area contributed by atoms with E-state index in [1.54, 1.807) is 0 Å². The Balaban J connectivity index is 1.92. The Kier molecular flexibility index (Phi) is 5.36. The molecule has 1 heterocycles. The second kappa shape index (κ2) is 7.71. The molecule has 0 spiro atoms. The molecule has 27 heavy (non-hydrogen) atoms. The molecule has 0 amide bonds. The van der Waals surface area contributed by atoms with Gasteiger partial charge in [0.25, 0.3) is 11.4 Å². The first-order valence-corrected chi connectivity index (χ1v) is 8.73. The van der Waals surface area contributed by atoms with Crippen LogP contribution in [0.1, 0.15) is 24.0 Å². The van der Waals surface area contributed by atoms with Crippen molar-refractivity contribution in [2.24, 2.45) is 0 Å². The van der Waals surface area contributed by atoms with Crippen molar-refractivity contribution in [2.45, 2.75) is 25.2 Å². The molecule has 0 unspecified atom stereocenters. The average Bonchev–Trinajstić information content (AvgIpc) is 2.67. The highest BCUT2D eigenvalue weighted by Gasteiger charge is 2.36. The number of benzene rings is 2. The van der Waals surface area contributed by atoms with Gasteiger partial charge in [-0.3, -0.25) is 20.2 Å². The van der Waals surface area contributed by atoms with Crippen LogP contribution in [-0.2, 0) is 10.2 Å². The zero-order valence-electron chi connectivity index (χ0n) is 15.0. The highest BCUT2D eigenvalue weighted by molar-refractivity contribution is 5.65. The zero-order valence-corrected chi connectivity index (χ0v) is 15.0. The molecule has 2 aromatic carbocycles. The van der Waals surface area contributed by atoms with Crippen LogP contribution in [0.15, 0.2) is 42.5 Å². The second-order valence-corrected chi connectivity index (χ2v) is 6.78. The molecule has 1 N–H and O–H groups in total. The molecule has 8 nitrogen and oxygen atoms in total. The van der Waals surface area contributed by atoms with Gasteiger partial charge >= 0.3 is 0 Å². The molecule has 1 saturated heterocycles. The van der Waals surface area contributed by atoms with Gasteiger partial charge < -0.3 is 10.1 Å². The van der Waals surface area contributed by atoms with Gasteiger partial charge in [0.05, 0.1) is 15.9 Å². The van der Waals surface area contributed by atoms with Gasteiger partial charge in [-0.05, 0) is 37.0 Å². The Morgan fingerprint density at radius 3 is 2.41 bits per heavy atom. The molecule has 0 saturated carbocycles. The SMILES string of the molecule is Cc1ccccc1C1(CNc2ccc([N+](=O)[O-])cc2[N+](=O)[O-])CCOCC1. The number of anilines is 1. The minimum atomic E-state index is -0.635. The second-order valence-electron chi connectivity index (χ2n) is 6.78. The average molecular weight is 371 g/mol. The fraction of sp³-hybridized carbons (Fsp3) is 0.368. The zero-order chi connectivity index (χ0) is 19.4. The molecule has 0 radical (unpaired) electrons. The summed E-state index contributed by atoms with van der Waals surface area (Å²) in [5.41, 5.74) is 1.84. The summed E-state index contributed by atoms with van der Waals surface area (Å²) in [5.74, 6) is 0. The summed E-state index contributed by atoms with van der Waals surface area (Å²) in [5, 5.41) is 25.5. The first-order valence-electron chi connectivity index (χ1n) is 8.73. The van der Waals surface area contributed by atoms with Gasteiger partial charge in [-0.2, -0.15) is 0 Å². The lowest BCUT2D eigenvalue weighted by atomic mass is 9.72. The van der Waals surface area contributed by atoms with E-state index in [4.69, 9.17) is 4.74 Å². The van der Waals surface area contributed by atoms with Gasteiger partial charge in [-0.1, -0.05) is 24.3 Å². The number of aryl methyl sites for hydroxylation is 1. The summed E-state index contributed by atoms with van der Waals surface area (Å²) in [6.07, 6.45) is 1.59. The van der Waals surface area contributed by atoms with Crippen molar-refractivity contribution >= 4 is 17.1 Å². The van der Waals surface area contributed by atoms with E-state index >= 15 is 0 Å². The fourth-order valence-electron chi connectivity index (χ4n) is 3.67. The van der Waals surface area contributed by atoms with E-state index in [1.807, 2.05) is 12.1 Å². The third kappa shape index (κ3) is 3.90. The minimum absolute atomic E-state index is 0.209. The quantitative estimate of drug-likeness (QED) is 0.608. The Labute approximate surface area is 156 Å². The molecule has 142 valence electrons. The van der Waals surface area contributed by atoms with E-state index in [2.05, 4.69) is 24.4 Å². The van der Waals surface area contributed by atoms with Crippen LogP contribution >= 0.6 is 0 Å². The van der Waals surface area contributed by atoms with Crippen molar-refractivity contribution in [1.82, 2.24) is 0 Å². The van der Waals surface area contributed by atoms with Crippen LogP contribution in [0.4, 0.5) is 17.1 Å². The van der Waals surface area contributed by atoms with E-state index in [1.165, 1.54) is 23.3 Å². The molecule has 1 aliphatic rings. The fourth-order valence-corrected chi connectivity index (χ4v) is 3.67. The number of hydrogen-bond donors (Lipinski definition) is 1. The van der Waals surface area contributed by atoms with E-state index in [9.17, 15) is 20.2 Å². The maximum atomic E-state index is 11.4. The number of nitro groups is 2. The predicted molar refractivity (Wildman–Crippen MR) is 101 cm³/mol. The predicted octanol–water partition coefficient (Wildman–Crippen LogP) is 3.97. The van der Waals surface area contributed by atoms with E-state index in [0.29, 0.717) is 19.8 Å². The van der Waals surface area contributed by atoms with Gasteiger partial charge in [0.2, 0.25) is 0 Å². The molecular formula is C19H21N3O5. The molecule has 0 bridgehead atoms. The normalized spacial score (nSPS) is 15.9. The van der Waals surface area contributed by atoms with Crippen LogP contribution in [-0.4, -0.2) is 29.6 Å². The Morgan fingerprint density at radius 1 is 1.07 bits per heavy atom. The number of nitrogens with zero attached hydrogens (tertiary/aromatic N) is 2. The number of rotatable bonds is 6. The summed E-state index contributed by atoms with van der Waals surface area (Å²) in [7, 11) is 0. The molecule has 8 heteroatoms. The number of ether oxygens (including phenoxy) is 1.